The molecule has 1 N–H and O–H groups in total. The van der Waals surface area contributed by atoms with E-state index in [1.165, 1.54) is 0 Å². The standard InChI is InChI=1S/C16H18N4O/c1-13(7-8-16-6-3-9-21-16)19-14-4-2-5-15(10-14)20-11-17-18-12-20/h2-6,9-13,19H,7-8H2,1H3. The lowest BCUT2D eigenvalue weighted by Crippen LogP contribution is -2.16. The van der Waals surface area contributed by atoms with Gasteiger partial charge in [0.25, 0.3) is 0 Å². The molecule has 0 aliphatic heterocycles. The Hall–Kier alpha value is -2.56. The highest BCUT2D eigenvalue weighted by Crippen LogP contribution is 2.16. The molecule has 5 nitrogen and oxygen atoms in total. The first kappa shape index (κ1) is 13.4. The fourth-order valence-corrected chi connectivity index (χ4v) is 2.26. The van der Waals surface area contributed by atoms with Crippen LogP contribution in [-0.4, -0.2) is 20.8 Å². The molecule has 108 valence electrons. The number of furan rings is 1. The minimum atomic E-state index is 0.367. The van der Waals surface area contributed by atoms with Gasteiger partial charge < -0.3 is 9.73 Å². The Kier molecular flexibility index (Phi) is 4.00. The van der Waals surface area contributed by atoms with Crippen molar-refractivity contribution in [1.29, 1.82) is 0 Å². The van der Waals surface area contributed by atoms with Crippen LogP contribution < -0.4 is 5.32 Å². The monoisotopic (exact) mass is 282 g/mol. The Labute approximate surface area is 123 Å². The lowest BCUT2D eigenvalue weighted by atomic mass is 10.1. The van der Waals surface area contributed by atoms with Crippen LogP contribution in [0.1, 0.15) is 19.1 Å². The maximum Gasteiger partial charge on any atom is 0.123 e. The predicted molar refractivity (Wildman–Crippen MR) is 81.5 cm³/mol. The molecular weight excluding hydrogens is 264 g/mol. The SMILES string of the molecule is CC(CCc1ccco1)Nc1cccc(-n2cnnc2)c1. The van der Waals surface area contributed by atoms with Crippen molar-refractivity contribution in [3.8, 4) is 5.69 Å². The summed E-state index contributed by atoms with van der Waals surface area (Å²) in [4.78, 5) is 0. The van der Waals surface area contributed by atoms with Gasteiger partial charge in [-0.3, -0.25) is 4.57 Å². The van der Waals surface area contributed by atoms with E-state index in [2.05, 4.69) is 34.6 Å². The second-order valence-corrected chi connectivity index (χ2v) is 5.08. The third kappa shape index (κ3) is 3.51. The zero-order valence-electron chi connectivity index (χ0n) is 11.9. The summed E-state index contributed by atoms with van der Waals surface area (Å²) in [5.41, 5.74) is 2.14. The number of nitrogens with zero attached hydrogens (tertiary/aromatic N) is 3. The van der Waals surface area contributed by atoms with Crippen molar-refractivity contribution in [3.05, 3.63) is 61.1 Å². The maximum atomic E-state index is 5.36. The summed E-state index contributed by atoms with van der Waals surface area (Å²) in [6, 6.07) is 12.5. The molecule has 2 heterocycles. The van der Waals surface area contributed by atoms with Crippen LogP contribution in [0.5, 0.6) is 0 Å². The number of aromatic nitrogens is 3. The zero-order valence-corrected chi connectivity index (χ0v) is 11.9. The van der Waals surface area contributed by atoms with E-state index < -0.39 is 0 Å². The van der Waals surface area contributed by atoms with Gasteiger partial charge >= 0.3 is 0 Å². The minimum absolute atomic E-state index is 0.367. The van der Waals surface area contributed by atoms with Gasteiger partial charge in [0.1, 0.15) is 18.4 Å². The zero-order chi connectivity index (χ0) is 14.5. The van der Waals surface area contributed by atoms with Crippen molar-refractivity contribution in [3.63, 3.8) is 0 Å². The first-order valence-electron chi connectivity index (χ1n) is 7.05. The highest BCUT2D eigenvalue weighted by Gasteiger charge is 2.05. The average Bonchev–Trinajstić information content (AvgIpc) is 3.19. The molecule has 0 radical (unpaired) electrons. The molecule has 3 rings (SSSR count). The molecule has 0 aliphatic rings. The summed E-state index contributed by atoms with van der Waals surface area (Å²) >= 11 is 0. The average molecular weight is 282 g/mol. The van der Waals surface area contributed by atoms with Crippen LogP contribution in [0.15, 0.2) is 59.7 Å². The molecule has 3 aromatic rings. The summed E-state index contributed by atoms with van der Waals surface area (Å²) in [6.07, 6.45) is 7.06. The van der Waals surface area contributed by atoms with Gasteiger partial charge in [0.15, 0.2) is 0 Å². The van der Waals surface area contributed by atoms with Crippen LogP contribution in [0.3, 0.4) is 0 Å². The third-order valence-electron chi connectivity index (χ3n) is 3.38. The van der Waals surface area contributed by atoms with Gasteiger partial charge in [-0.15, -0.1) is 10.2 Å². The first-order valence-corrected chi connectivity index (χ1v) is 7.05. The molecule has 21 heavy (non-hydrogen) atoms. The van der Waals surface area contributed by atoms with Crippen LogP contribution >= 0.6 is 0 Å². The number of rotatable bonds is 6. The highest BCUT2D eigenvalue weighted by atomic mass is 16.3. The van der Waals surface area contributed by atoms with E-state index in [1.807, 2.05) is 28.8 Å². The van der Waals surface area contributed by atoms with Crippen LogP contribution in [0, 0.1) is 0 Å². The Morgan fingerprint density at radius 2 is 2.05 bits per heavy atom. The number of hydrogen-bond donors (Lipinski definition) is 1. The highest BCUT2D eigenvalue weighted by molar-refractivity contribution is 5.51. The van der Waals surface area contributed by atoms with Crippen molar-refractivity contribution in [1.82, 2.24) is 14.8 Å². The topological polar surface area (TPSA) is 55.9 Å². The van der Waals surface area contributed by atoms with Crippen molar-refractivity contribution in [2.45, 2.75) is 25.8 Å². The van der Waals surface area contributed by atoms with Crippen molar-refractivity contribution in [2.24, 2.45) is 0 Å². The number of nitrogens with one attached hydrogen (secondary N) is 1. The molecule has 1 unspecified atom stereocenters. The molecule has 0 bridgehead atoms. The Balaban J connectivity index is 1.60. The molecule has 0 saturated heterocycles. The normalized spacial score (nSPS) is 12.2. The Morgan fingerprint density at radius 1 is 1.19 bits per heavy atom. The van der Waals surface area contributed by atoms with Crippen molar-refractivity contribution < 1.29 is 4.42 Å². The predicted octanol–water partition coefficient (Wildman–Crippen LogP) is 3.29. The summed E-state index contributed by atoms with van der Waals surface area (Å²) in [5, 5.41) is 11.2. The molecule has 1 atom stereocenters. The summed E-state index contributed by atoms with van der Waals surface area (Å²) in [6.45, 7) is 2.17. The van der Waals surface area contributed by atoms with Crippen LogP contribution in [-0.2, 0) is 6.42 Å². The summed E-state index contributed by atoms with van der Waals surface area (Å²) in [5.74, 6) is 1.03. The summed E-state index contributed by atoms with van der Waals surface area (Å²) < 4.78 is 7.24. The number of benzene rings is 1. The second-order valence-electron chi connectivity index (χ2n) is 5.08. The fourth-order valence-electron chi connectivity index (χ4n) is 2.26. The second kappa shape index (κ2) is 6.26. The quantitative estimate of drug-likeness (QED) is 0.753. The fraction of sp³-hybridized carbons (Fsp3) is 0.250. The lowest BCUT2D eigenvalue weighted by Gasteiger charge is -2.15. The van der Waals surface area contributed by atoms with Crippen LogP contribution in [0.25, 0.3) is 5.69 Å². The Morgan fingerprint density at radius 3 is 2.81 bits per heavy atom. The van der Waals surface area contributed by atoms with Gasteiger partial charge in [-0.1, -0.05) is 6.07 Å². The van der Waals surface area contributed by atoms with Gasteiger partial charge in [-0.05, 0) is 43.7 Å². The van der Waals surface area contributed by atoms with Crippen LogP contribution in [0.2, 0.25) is 0 Å². The van der Waals surface area contributed by atoms with Gasteiger partial charge in [-0.2, -0.15) is 0 Å². The van der Waals surface area contributed by atoms with E-state index in [9.17, 15) is 0 Å². The molecule has 0 amide bonds. The molecule has 5 heteroatoms. The van der Waals surface area contributed by atoms with E-state index in [1.54, 1.807) is 18.9 Å². The number of hydrogen-bond acceptors (Lipinski definition) is 4. The molecule has 2 aromatic heterocycles. The maximum absolute atomic E-state index is 5.36. The van der Waals surface area contributed by atoms with Gasteiger partial charge in [0, 0.05) is 18.2 Å². The smallest absolute Gasteiger partial charge is 0.123 e. The largest absolute Gasteiger partial charge is 0.469 e. The van der Waals surface area contributed by atoms with E-state index in [0.717, 1.165) is 30.0 Å². The van der Waals surface area contributed by atoms with E-state index >= 15 is 0 Å². The van der Waals surface area contributed by atoms with Crippen LogP contribution in [0.4, 0.5) is 5.69 Å². The lowest BCUT2D eigenvalue weighted by molar-refractivity contribution is 0.495. The molecule has 0 saturated carbocycles. The van der Waals surface area contributed by atoms with Gasteiger partial charge in [-0.25, -0.2) is 0 Å². The molecular formula is C16H18N4O. The van der Waals surface area contributed by atoms with Crippen molar-refractivity contribution >= 4 is 5.69 Å². The molecule has 0 fully saturated rings. The third-order valence-corrected chi connectivity index (χ3v) is 3.38. The number of anilines is 1. The van der Waals surface area contributed by atoms with Gasteiger partial charge in [0.05, 0.1) is 12.0 Å². The van der Waals surface area contributed by atoms with E-state index in [0.29, 0.717) is 6.04 Å². The molecule has 0 aliphatic carbocycles. The van der Waals surface area contributed by atoms with Crippen molar-refractivity contribution in [2.75, 3.05) is 5.32 Å². The minimum Gasteiger partial charge on any atom is -0.469 e. The van der Waals surface area contributed by atoms with Gasteiger partial charge in [0.2, 0.25) is 0 Å². The Bertz CT molecular complexity index is 661. The first-order chi connectivity index (χ1) is 10.3. The van der Waals surface area contributed by atoms with E-state index in [4.69, 9.17) is 4.42 Å². The molecule has 1 aromatic carbocycles. The van der Waals surface area contributed by atoms with E-state index in [-0.39, 0.29) is 0 Å². The number of aryl methyl sites for hydroxylation is 1. The summed E-state index contributed by atoms with van der Waals surface area (Å²) in [7, 11) is 0. The molecule has 0 spiro atoms.